The SMILES string of the molecule is O=C(CC1CC1)N1CCOC[C@H](Cc2ccc3[nH]ccc3c2)C1. The Bertz CT molecular complexity index is 689. The molecule has 1 atom stereocenters. The number of nitrogens with zero attached hydrogens (tertiary/aromatic N) is 1. The third-order valence-electron chi connectivity index (χ3n) is 4.99. The van der Waals surface area contributed by atoms with E-state index in [4.69, 9.17) is 4.74 Å². The number of carbonyl (C=O) groups is 1. The van der Waals surface area contributed by atoms with Gasteiger partial charge in [-0.15, -0.1) is 0 Å². The number of ether oxygens (including phenoxy) is 1. The molecule has 1 saturated carbocycles. The van der Waals surface area contributed by atoms with E-state index in [9.17, 15) is 4.79 Å². The predicted molar refractivity (Wildman–Crippen MR) is 90.2 cm³/mol. The fraction of sp³-hybridized carbons (Fsp3) is 0.526. The number of rotatable bonds is 4. The van der Waals surface area contributed by atoms with Crippen molar-refractivity contribution in [2.75, 3.05) is 26.3 Å². The van der Waals surface area contributed by atoms with E-state index < -0.39 is 0 Å². The number of carbonyl (C=O) groups excluding carboxylic acids is 1. The number of aromatic nitrogens is 1. The van der Waals surface area contributed by atoms with Gasteiger partial charge in [0, 0.05) is 37.1 Å². The van der Waals surface area contributed by atoms with Crippen molar-refractivity contribution >= 4 is 16.8 Å². The average Bonchev–Trinajstić information content (AvgIpc) is 3.28. The molecule has 122 valence electrons. The highest BCUT2D eigenvalue weighted by atomic mass is 16.5. The van der Waals surface area contributed by atoms with Gasteiger partial charge in [0.25, 0.3) is 0 Å². The molecule has 4 heteroatoms. The first kappa shape index (κ1) is 14.8. The van der Waals surface area contributed by atoms with Gasteiger partial charge in [0.2, 0.25) is 5.91 Å². The minimum Gasteiger partial charge on any atom is -0.379 e. The molecule has 1 aromatic heterocycles. The van der Waals surface area contributed by atoms with Crippen LogP contribution in [0.25, 0.3) is 10.9 Å². The summed E-state index contributed by atoms with van der Waals surface area (Å²) < 4.78 is 5.75. The summed E-state index contributed by atoms with van der Waals surface area (Å²) in [6.07, 6.45) is 6.14. The van der Waals surface area contributed by atoms with Gasteiger partial charge in [0.15, 0.2) is 0 Å². The molecule has 23 heavy (non-hydrogen) atoms. The highest BCUT2D eigenvalue weighted by Gasteiger charge is 2.29. The van der Waals surface area contributed by atoms with E-state index in [1.54, 1.807) is 0 Å². The lowest BCUT2D eigenvalue weighted by Gasteiger charge is -2.24. The molecule has 1 amide bonds. The fourth-order valence-electron chi connectivity index (χ4n) is 3.49. The van der Waals surface area contributed by atoms with Crippen molar-refractivity contribution in [3.8, 4) is 0 Å². The van der Waals surface area contributed by atoms with E-state index in [1.165, 1.54) is 29.3 Å². The van der Waals surface area contributed by atoms with E-state index in [1.807, 2.05) is 11.1 Å². The molecule has 0 spiro atoms. The van der Waals surface area contributed by atoms with Crippen molar-refractivity contribution in [1.29, 1.82) is 0 Å². The monoisotopic (exact) mass is 312 g/mol. The Hall–Kier alpha value is -1.81. The molecule has 1 aromatic carbocycles. The van der Waals surface area contributed by atoms with Gasteiger partial charge in [-0.25, -0.2) is 0 Å². The molecule has 2 heterocycles. The number of H-pyrrole nitrogens is 1. The Morgan fingerprint density at radius 2 is 2.17 bits per heavy atom. The Morgan fingerprint density at radius 3 is 3.04 bits per heavy atom. The standard InChI is InChI=1S/C19H24N2O2/c22-19(11-14-1-2-14)21-7-8-23-13-16(12-21)9-15-3-4-18-17(10-15)5-6-20-18/h3-6,10,14,16,20H,1-2,7-9,11-13H2/t16-/m1/s1. The van der Waals surface area contributed by atoms with Crippen molar-refractivity contribution in [3.63, 3.8) is 0 Å². The van der Waals surface area contributed by atoms with Gasteiger partial charge >= 0.3 is 0 Å². The molecule has 0 radical (unpaired) electrons. The van der Waals surface area contributed by atoms with Crippen molar-refractivity contribution in [2.45, 2.75) is 25.7 Å². The molecule has 1 N–H and O–H groups in total. The first-order chi connectivity index (χ1) is 11.3. The number of hydrogen-bond donors (Lipinski definition) is 1. The minimum absolute atomic E-state index is 0.323. The molecule has 0 bridgehead atoms. The van der Waals surface area contributed by atoms with Gasteiger partial charge in [0.05, 0.1) is 13.2 Å². The van der Waals surface area contributed by atoms with Gasteiger partial charge in [-0.1, -0.05) is 6.07 Å². The maximum atomic E-state index is 12.4. The molecule has 2 fully saturated rings. The molecule has 1 aliphatic carbocycles. The van der Waals surface area contributed by atoms with Crippen LogP contribution in [0, 0.1) is 11.8 Å². The Labute approximate surface area is 136 Å². The van der Waals surface area contributed by atoms with Gasteiger partial charge in [-0.2, -0.15) is 0 Å². The first-order valence-electron chi connectivity index (χ1n) is 8.69. The number of fused-ring (bicyclic) bond motifs is 1. The molecular weight excluding hydrogens is 288 g/mol. The van der Waals surface area contributed by atoms with E-state index in [0.29, 0.717) is 24.3 Å². The number of nitrogens with one attached hydrogen (secondary N) is 1. The Kier molecular flexibility index (Phi) is 4.08. The lowest BCUT2D eigenvalue weighted by Crippen LogP contribution is -2.36. The first-order valence-corrected chi connectivity index (χ1v) is 8.69. The van der Waals surface area contributed by atoms with Crippen LogP contribution in [0.3, 0.4) is 0 Å². The van der Waals surface area contributed by atoms with Crippen LogP contribution < -0.4 is 0 Å². The van der Waals surface area contributed by atoms with E-state index >= 15 is 0 Å². The van der Waals surface area contributed by atoms with Gasteiger partial charge < -0.3 is 14.6 Å². The van der Waals surface area contributed by atoms with Crippen LogP contribution in [-0.4, -0.2) is 42.1 Å². The Morgan fingerprint density at radius 1 is 1.26 bits per heavy atom. The van der Waals surface area contributed by atoms with Crippen molar-refractivity contribution < 1.29 is 9.53 Å². The maximum Gasteiger partial charge on any atom is 0.222 e. The summed E-state index contributed by atoms with van der Waals surface area (Å²) in [4.78, 5) is 17.7. The molecule has 0 unspecified atom stereocenters. The quantitative estimate of drug-likeness (QED) is 0.943. The summed E-state index contributed by atoms with van der Waals surface area (Å²) in [5.74, 6) is 1.36. The second-order valence-corrected chi connectivity index (χ2v) is 7.03. The van der Waals surface area contributed by atoms with Crippen molar-refractivity contribution in [2.24, 2.45) is 11.8 Å². The zero-order valence-electron chi connectivity index (χ0n) is 13.5. The van der Waals surface area contributed by atoms with Crippen LogP contribution in [-0.2, 0) is 16.0 Å². The predicted octanol–water partition coefficient (Wildman–Crippen LogP) is 2.99. The summed E-state index contributed by atoms with van der Waals surface area (Å²) in [6, 6.07) is 8.67. The number of amides is 1. The smallest absolute Gasteiger partial charge is 0.222 e. The third-order valence-corrected chi connectivity index (χ3v) is 4.99. The molecule has 4 rings (SSSR count). The molecule has 2 aliphatic rings. The zero-order chi connectivity index (χ0) is 15.6. The van der Waals surface area contributed by atoms with Gasteiger partial charge in [-0.3, -0.25) is 4.79 Å². The van der Waals surface area contributed by atoms with Crippen LogP contribution in [0.4, 0.5) is 0 Å². The molecule has 4 nitrogen and oxygen atoms in total. The molecule has 2 aromatic rings. The largest absolute Gasteiger partial charge is 0.379 e. The number of aromatic amines is 1. The maximum absolute atomic E-state index is 12.4. The van der Waals surface area contributed by atoms with E-state index in [0.717, 1.165) is 32.5 Å². The summed E-state index contributed by atoms with van der Waals surface area (Å²) in [5, 5.41) is 1.25. The zero-order valence-corrected chi connectivity index (χ0v) is 13.5. The van der Waals surface area contributed by atoms with Gasteiger partial charge in [0.1, 0.15) is 0 Å². The second kappa shape index (κ2) is 6.36. The molecular formula is C19H24N2O2. The van der Waals surface area contributed by atoms with Crippen LogP contribution >= 0.6 is 0 Å². The highest BCUT2D eigenvalue weighted by Crippen LogP contribution is 2.33. The summed E-state index contributed by atoms with van der Waals surface area (Å²) in [5.41, 5.74) is 2.49. The molecule has 1 aliphatic heterocycles. The number of hydrogen-bond acceptors (Lipinski definition) is 2. The summed E-state index contributed by atoms with van der Waals surface area (Å²) in [6.45, 7) is 3.00. The third kappa shape index (κ3) is 3.58. The van der Waals surface area contributed by atoms with Gasteiger partial charge in [-0.05, 0) is 54.3 Å². The second-order valence-electron chi connectivity index (χ2n) is 7.03. The average molecular weight is 312 g/mol. The minimum atomic E-state index is 0.323. The lowest BCUT2D eigenvalue weighted by molar-refractivity contribution is -0.132. The molecule has 1 saturated heterocycles. The fourth-order valence-corrected chi connectivity index (χ4v) is 3.49. The Balaban J connectivity index is 1.42. The number of benzene rings is 1. The lowest BCUT2D eigenvalue weighted by atomic mass is 9.98. The van der Waals surface area contributed by atoms with Crippen molar-refractivity contribution in [3.05, 3.63) is 36.0 Å². The summed E-state index contributed by atoms with van der Waals surface area (Å²) >= 11 is 0. The van der Waals surface area contributed by atoms with Crippen molar-refractivity contribution in [1.82, 2.24) is 9.88 Å². The highest BCUT2D eigenvalue weighted by molar-refractivity contribution is 5.80. The van der Waals surface area contributed by atoms with E-state index in [-0.39, 0.29) is 0 Å². The van der Waals surface area contributed by atoms with E-state index in [2.05, 4.69) is 29.2 Å². The van der Waals surface area contributed by atoms with Crippen LogP contribution in [0.15, 0.2) is 30.5 Å². The normalized spacial score (nSPS) is 22.3. The topological polar surface area (TPSA) is 45.3 Å². The van der Waals surface area contributed by atoms with Crippen LogP contribution in [0.5, 0.6) is 0 Å². The summed E-state index contributed by atoms with van der Waals surface area (Å²) in [7, 11) is 0. The van der Waals surface area contributed by atoms with Crippen LogP contribution in [0.2, 0.25) is 0 Å². The van der Waals surface area contributed by atoms with Crippen LogP contribution in [0.1, 0.15) is 24.8 Å².